The standard InChI is InChI=1S/C15H20O4/c1-5-19-15(17)13(10(2)3)14(16)11-8-6-7-9-12(11)18-4/h6-10,13H,5H2,1-4H3. The van der Waals surface area contributed by atoms with Gasteiger partial charge in [0.1, 0.15) is 11.7 Å². The van der Waals surface area contributed by atoms with Gasteiger partial charge in [-0.15, -0.1) is 0 Å². The number of para-hydroxylation sites is 1. The molecule has 1 aromatic rings. The van der Waals surface area contributed by atoms with Gasteiger partial charge in [-0.25, -0.2) is 0 Å². The second kappa shape index (κ2) is 6.92. The molecule has 4 nitrogen and oxygen atoms in total. The molecule has 0 heterocycles. The molecule has 0 aliphatic heterocycles. The van der Waals surface area contributed by atoms with Crippen molar-refractivity contribution in [1.29, 1.82) is 0 Å². The summed E-state index contributed by atoms with van der Waals surface area (Å²) in [6, 6.07) is 6.90. The Morgan fingerprint density at radius 3 is 2.37 bits per heavy atom. The van der Waals surface area contributed by atoms with Gasteiger partial charge in [-0.3, -0.25) is 9.59 Å². The van der Waals surface area contributed by atoms with Gasteiger partial charge in [-0.05, 0) is 25.0 Å². The van der Waals surface area contributed by atoms with Crippen LogP contribution in [0.3, 0.4) is 0 Å². The number of Topliss-reactive ketones (excluding diaryl/α,β-unsaturated/α-hetero) is 1. The minimum atomic E-state index is -0.795. The Bertz CT molecular complexity index is 451. The van der Waals surface area contributed by atoms with Gasteiger partial charge in [0.05, 0.1) is 19.3 Å². The molecule has 4 heteroatoms. The van der Waals surface area contributed by atoms with Crippen LogP contribution in [0.15, 0.2) is 24.3 Å². The minimum Gasteiger partial charge on any atom is -0.496 e. The van der Waals surface area contributed by atoms with E-state index in [0.717, 1.165) is 0 Å². The number of esters is 1. The fourth-order valence-corrected chi connectivity index (χ4v) is 1.93. The van der Waals surface area contributed by atoms with Crippen LogP contribution >= 0.6 is 0 Å². The average Bonchev–Trinajstić information content (AvgIpc) is 2.38. The molecule has 0 saturated carbocycles. The smallest absolute Gasteiger partial charge is 0.317 e. The highest BCUT2D eigenvalue weighted by Gasteiger charge is 2.33. The van der Waals surface area contributed by atoms with E-state index < -0.39 is 11.9 Å². The van der Waals surface area contributed by atoms with Crippen LogP contribution in [-0.4, -0.2) is 25.5 Å². The summed E-state index contributed by atoms with van der Waals surface area (Å²) in [7, 11) is 1.50. The van der Waals surface area contributed by atoms with Gasteiger partial charge in [0.15, 0.2) is 5.78 Å². The van der Waals surface area contributed by atoms with Crippen molar-refractivity contribution in [3.05, 3.63) is 29.8 Å². The molecular weight excluding hydrogens is 244 g/mol. The lowest BCUT2D eigenvalue weighted by molar-refractivity contribution is -0.147. The monoisotopic (exact) mass is 264 g/mol. The molecule has 0 saturated heterocycles. The summed E-state index contributed by atoms with van der Waals surface area (Å²) in [4.78, 5) is 24.4. The van der Waals surface area contributed by atoms with E-state index in [9.17, 15) is 9.59 Å². The molecule has 0 radical (unpaired) electrons. The molecule has 1 aromatic carbocycles. The third-order valence-electron chi connectivity index (χ3n) is 2.86. The van der Waals surface area contributed by atoms with Crippen LogP contribution < -0.4 is 4.74 Å². The second-order valence-corrected chi connectivity index (χ2v) is 4.54. The average molecular weight is 264 g/mol. The zero-order valence-corrected chi connectivity index (χ0v) is 11.8. The van der Waals surface area contributed by atoms with Crippen LogP contribution in [0, 0.1) is 11.8 Å². The van der Waals surface area contributed by atoms with E-state index in [4.69, 9.17) is 9.47 Å². The molecule has 0 aliphatic rings. The third-order valence-corrected chi connectivity index (χ3v) is 2.86. The van der Waals surface area contributed by atoms with E-state index in [0.29, 0.717) is 11.3 Å². The summed E-state index contributed by atoms with van der Waals surface area (Å²) in [5.41, 5.74) is 0.414. The van der Waals surface area contributed by atoms with Crippen LogP contribution in [0.4, 0.5) is 0 Å². The SMILES string of the molecule is CCOC(=O)C(C(=O)c1ccccc1OC)C(C)C. The van der Waals surface area contributed by atoms with Gasteiger partial charge in [0, 0.05) is 0 Å². The molecule has 0 spiro atoms. The first-order chi connectivity index (χ1) is 9.02. The highest BCUT2D eigenvalue weighted by Crippen LogP contribution is 2.25. The van der Waals surface area contributed by atoms with Crippen molar-refractivity contribution in [2.75, 3.05) is 13.7 Å². The van der Waals surface area contributed by atoms with E-state index in [2.05, 4.69) is 0 Å². The van der Waals surface area contributed by atoms with Gasteiger partial charge in [0.25, 0.3) is 0 Å². The molecule has 104 valence electrons. The van der Waals surface area contributed by atoms with Crippen molar-refractivity contribution in [2.24, 2.45) is 11.8 Å². The summed E-state index contributed by atoms with van der Waals surface area (Å²) in [5, 5.41) is 0. The van der Waals surface area contributed by atoms with Crippen LogP contribution in [-0.2, 0) is 9.53 Å². The first kappa shape index (κ1) is 15.2. The molecule has 0 N–H and O–H groups in total. The predicted molar refractivity (Wildman–Crippen MR) is 72.3 cm³/mol. The summed E-state index contributed by atoms with van der Waals surface area (Å²) >= 11 is 0. The number of carbonyl (C=O) groups is 2. The van der Waals surface area contributed by atoms with Crippen molar-refractivity contribution < 1.29 is 19.1 Å². The van der Waals surface area contributed by atoms with Gasteiger partial charge < -0.3 is 9.47 Å². The lowest BCUT2D eigenvalue weighted by atomic mass is 9.87. The van der Waals surface area contributed by atoms with E-state index in [1.54, 1.807) is 31.2 Å². The Morgan fingerprint density at radius 2 is 1.84 bits per heavy atom. The second-order valence-electron chi connectivity index (χ2n) is 4.54. The molecule has 0 aromatic heterocycles. The number of methoxy groups -OCH3 is 1. The van der Waals surface area contributed by atoms with Gasteiger partial charge in [0.2, 0.25) is 0 Å². The Hall–Kier alpha value is -1.84. The van der Waals surface area contributed by atoms with Crippen LogP contribution in [0.5, 0.6) is 5.75 Å². The van der Waals surface area contributed by atoms with E-state index >= 15 is 0 Å². The maximum absolute atomic E-state index is 12.5. The highest BCUT2D eigenvalue weighted by molar-refractivity contribution is 6.10. The van der Waals surface area contributed by atoms with E-state index in [1.165, 1.54) is 7.11 Å². The van der Waals surface area contributed by atoms with Crippen molar-refractivity contribution in [3.8, 4) is 5.75 Å². The number of benzene rings is 1. The Balaban J connectivity index is 3.09. The lowest BCUT2D eigenvalue weighted by Gasteiger charge is -2.19. The molecule has 1 rings (SSSR count). The Morgan fingerprint density at radius 1 is 1.21 bits per heavy atom. The largest absolute Gasteiger partial charge is 0.496 e. The number of hydrogen-bond donors (Lipinski definition) is 0. The molecule has 0 bridgehead atoms. The number of rotatable bonds is 6. The Kier molecular flexibility index (Phi) is 5.55. The normalized spacial score (nSPS) is 12.1. The van der Waals surface area contributed by atoms with Crippen molar-refractivity contribution in [2.45, 2.75) is 20.8 Å². The van der Waals surface area contributed by atoms with Gasteiger partial charge >= 0.3 is 5.97 Å². The summed E-state index contributed by atoms with van der Waals surface area (Å²) < 4.78 is 10.1. The fourth-order valence-electron chi connectivity index (χ4n) is 1.93. The topological polar surface area (TPSA) is 52.6 Å². The summed E-state index contributed by atoms with van der Waals surface area (Å²) in [6.45, 7) is 5.65. The van der Waals surface area contributed by atoms with Crippen molar-refractivity contribution in [1.82, 2.24) is 0 Å². The predicted octanol–water partition coefficient (Wildman–Crippen LogP) is 2.71. The number of hydrogen-bond acceptors (Lipinski definition) is 4. The van der Waals surface area contributed by atoms with Gasteiger partial charge in [-0.1, -0.05) is 26.0 Å². The molecule has 0 fully saturated rings. The molecule has 1 atom stereocenters. The highest BCUT2D eigenvalue weighted by atomic mass is 16.5. The van der Waals surface area contributed by atoms with Gasteiger partial charge in [-0.2, -0.15) is 0 Å². The van der Waals surface area contributed by atoms with E-state index in [1.807, 2.05) is 13.8 Å². The molecular formula is C15H20O4. The zero-order valence-electron chi connectivity index (χ0n) is 11.8. The van der Waals surface area contributed by atoms with E-state index in [-0.39, 0.29) is 18.3 Å². The molecule has 0 aliphatic carbocycles. The van der Waals surface area contributed by atoms with Crippen LogP contribution in [0.25, 0.3) is 0 Å². The Labute approximate surface area is 113 Å². The third kappa shape index (κ3) is 3.56. The van der Waals surface area contributed by atoms with Crippen LogP contribution in [0.1, 0.15) is 31.1 Å². The molecule has 19 heavy (non-hydrogen) atoms. The zero-order chi connectivity index (χ0) is 14.4. The van der Waals surface area contributed by atoms with Crippen LogP contribution in [0.2, 0.25) is 0 Å². The quantitative estimate of drug-likeness (QED) is 0.450. The number of ketones is 1. The minimum absolute atomic E-state index is 0.128. The summed E-state index contributed by atoms with van der Waals surface area (Å²) in [6.07, 6.45) is 0. The molecule has 1 unspecified atom stereocenters. The van der Waals surface area contributed by atoms with Crippen molar-refractivity contribution in [3.63, 3.8) is 0 Å². The summed E-state index contributed by atoms with van der Waals surface area (Å²) in [5.74, 6) is -1.19. The lowest BCUT2D eigenvalue weighted by Crippen LogP contribution is -2.31. The first-order valence-electron chi connectivity index (χ1n) is 6.36. The number of carbonyl (C=O) groups excluding carboxylic acids is 2. The van der Waals surface area contributed by atoms with Crippen molar-refractivity contribution >= 4 is 11.8 Å². The maximum atomic E-state index is 12.5. The fraction of sp³-hybridized carbons (Fsp3) is 0.467. The first-order valence-corrected chi connectivity index (χ1v) is 6.36. The molecule has 0 amide bonds. The maximum Gasteiger partial charge on any atom is 0.317 e. The number of ether oxygens (including phenoxy) is 2.